The fourth-order valence-electron chi connectivity index (χ4n) is 9.38. The number of methoxy groups -OCH3 is 1. The summed E-state index contributed by atoms with van der Waals surface area (Å²) in [7, 11) is 1.31. The molecule has 0 amide bonds. The molecule has 2 aromatic heterocycles. The second-order valence-electron chi connectivity index (χ2n) is 16.8. The Labute approximate surface area is 356 Å². The maximum Gasteiger partial charge on any atom is 2.00 e. The maximum atomic E-state index is 14.3. The minimum Gasteiger partial charge on any atom is -0.681 e. The van der Waals surface area contributed by atoms with Gasteiger partial charge >= 0.3 is 29.0 Å². The summed E-state index contributed by atoms with van der Waals surface area (Å²) in [5.74, 6) is -1.05. The normalized spacial score (nSPS) is 27.2. The van der Waals surface area contributed by atoms with Crippen LogP contribution in [0, 0.1) is 49.4 Å². The Morgan fingerprint density at radius 2 is 1.72 bits per heavy atom. The van der Waals surface area contributed by atoms with Gasteiger partial charge in [0, 0.05) is 12.2 Å². The molecule has 5 heterocycles. The Morgan fingerprint density at radius 1 is 1.00 bits per heavy atom. The van der Waals surface area contributed by atoms with Gasteiger partial charge in [0.15, 0.2) is 12.1 Å². The molecule has 0 spiro atoms. The first-order chi connectivity index (χ1) is 26.8. The summed E-state index contributed by atoms with van der Waals surface area (Å²) in [6.07, 6.45) is 15.9. The number of carbonyl (C=O) groups excluding carboxylic acids is 2. The number of carbonyl (C=O) groups is 2. The number of rotatable bonds is 16. The first kappa shape index (κ1) is 44.8. The van der Waals surface area contributed by atoms with Crippen LogP contribution in [0.3, 0.4) is 0 Å². The molecule has 304 valence electrons. The molecule has 3 aliphatic heterocycles. The van der Waals surface area contributed by atoms with Crippen LogP contribution in [0.5, 0.6) is 0 Å². The molecule has 9 nitrogen and oxygen atoms in total. The SMILES string of the molecule is C=CC1=C2/C=c3\[n-]/c(c(CC)c3C)=C\c3[n-]c4c(c3C)C(=O)[C@H](C(=O)OC)/C4=C3/[N-]C(/C=C(\[N-]2)C1C)[C@@H](C)[C@@H]3CCC(O)OCCC(C)CCC[C@H](C)CCC.[Mg+2]. The monoisotopic (exact) mass is 786 g/mol. The Morgan fingerprint density at radius 3 is 2.39 bits per heavy atom. The number of aromatic nitrogens is 2. The van der Waals surface area contributed by atoms with Crippen LogP contribution in [-0.2, 0) is 20.7 Å². The second-order valence-corrected chi connectivity index (χ2v) is 16.8. The number of aliphatic hydroxyl groups excluding tert-OH is 1. The molecule has 2 aromatic rings. The number of aliphatic hydroxyl groups is 1. The van der Waals surface area contributed by atoms with Crippen molar-refractivity contribution in [2.24, 2.45) is 35.5 Å². The van der Waals surface area contributed by atoms with Crippen LogP contribution in [0.4, 0.5) is 0 Å². The van der Waals surface area contributed by atoms with Crippen molar-refractivity contribution >= 4 is 52.5 Å². The van der Waals surface area contributed by atoms with E-state index < -0.39 is 18.2 Å². The first-order valence-electron chi connectivity index (χ1n) is 21.0. The van der Waals surface area contributed by atoms with Crippen LogP contribution in [0.2, 0.25) is 0 Å². The predicted octanol–water partition coefficient (Wildman–Crippen LogP) is 7.82. The summed E-state index contributed by atoms with van der Waals surface area (Å²) >= 11 is 0. The van der Waals surface area contributed by atoms with Crippen LogP contribution >= 0.6 is 0 Å². The smallest absolute Gasteiger partial charge is 0.681 e. The van der Waals surface area contributed by atoms with Gasteiger partial charge < -0.3 is 35.2 Å². The standard InChI is InChI=1S/C47H63N4O5.Mg/c1-11-15-25(4)16-14-17-26(5)20-21-56-40(52)19-18-33-29(8)36-22-34-27(6)31(12-2)38(48-34)23-35-28(7)32(13-3)39(49-35)24-37-30(9)41-45(51-37)42(44(33)50-36)43(46(41)53)47(54)55-10;/h12,22-27,29,33,36,40,43,52H,2,11,13-21H2,1,3-10H3,(H-,50,51,53);/q-3;+2/p-1/b34-22-,35-23-,39-24-;/t25-,26?,27?,29+,33+,36?,40?,43-;/m1./s1. The summed E-state index contributed by atoms with van der Waals surface area (Å²) < 4.78 is 11.3. The van der Waals surface area contributed by atoms with Gasteiger partial charge in [-0.3, -0.25) is 9.59 Å². The maximum absolute atomic E-state index is 14.3. The summed E-state index contributed by atoms with van der Waals surface area (Å²) in [4.78, 5) is 38.0. The first-order valence-corrected chi connectivity index (χ1v) is 21.0. The van der Waals surface area contributed by atoms with Gasteiger partial charge in [0.25, 0.3) is 0 Å². The van der Waals surface area contributed by atoms with Crippen LogP contribution in [0.1, 0.15) is 131 Å². The van der Waals surface area contributed by atoms with E-state index in [9.17, 15) is 14.7 Å². The fourth-order valence-corrected chi connectivity index (χ4v) is 9.38. The van der Waals surface area contributed by atoms with Crippen molar-refractivity contribution in [2.75, 3.05) is 13.7 Å². The van der Waals surface area contributed by atoms with Gasteiger partial charge in [0.1, 0.15) is 5.92 Å². The Balaban J connectivity index is 0.00000620. The number of hydrogen-bond donors (Lipinski definition) is 1. The number of ether oxygens (including phenoxy) is 2. The van der Waals surface area contributed by atoms with E-state index in [1.165, 1.54) is 32.8 Å². The van der Waals surface area contributed by atoms with Crippen molar-refractivity contribution in [1.82, 2.24) is 9.97 Å². The van der Waals surface area contributed by atoms with Gasteiger partial charge in [-0.05, 0) is 69.1 Å². The van der Waals surface area contributed by atoms with Gasteiger partial charge in [-0.25, -0.2) is 0 Å². The van der Waals surface area contributed by atoms with E-state index in [1.54, 1.807) is 0 Å². The zero-order valence-corrected chi connectivity index (χ0v) is 37.2. The van der Waals surface area contributed by atoms with Crippen molar-refractivity contribution in [1.29, 1.82) is 0 Å². The van der Waals surface area contributed by atoms with Crippen LogP contribution in [0.15, 0.2) is 41.4 Å². The number of Topliss-reactive ketones (excluding diaryl/α,β-unsaturated/α-hetero) is 1. The Hall–Kier alpha value is -3.31. The number of nitrogens with zero attached hydrogens (tertiary/aromatic N) is 4. The molecule has 0 aromatic carbocycles. The van der Waals surface area contributed by atoms with Crippen molar-refractivity contribution < 1.29 is 24.2 Å². The van der Waals surface area contributed by atoms with E-state index in [0.29, 0.717) is 59.2 Å². The Bertz CT molecular complexity index is 2050. The van der Waals surface area contributed by atoms with E-state index in [1.807, 2.05) is 19.1 Å². The summed E-state index contributed by atoms with van der Waals surface area (Å²) in [6.45, 7) is 21.9. The number of hydrogen-bond acceptors (Lipinski definition) is 5. The molecule has 0 radical (unpaired) electrons. The van der Waals surface area contributed by atoms with Gasteiger partial charge in [0.05, 0.1) is 7.11 Å². The molecular formula is C47H62MgN4O5-2. The van der Waals surface area contributed by atoms with Gasteiger partial charge in [-0.2, -0.15) is 11.4 Å². The zero-order chi connectivity index (χ0) is 40.4. The third-order valence-corrected chi connectivity index (χ3v) is 12.9. The predicted molar refractivity (Wildman–Crippen MR) is 229 cm³/mol. The molecule has 1 saturated heterocycles. The van der Waals surface area contributed by atoms with E-state index in [0.717, 1.165) is 64.0 Å². The molecule has 57 heavy (non-hydrogen) atoms. The quantitative estimate of drug-likeness (QED) is 0.0795. The second kappa shape index (κ2) is 19.2. The Kier molecular flexibility index (Phi) is 15.1. The average molecular weight is 787 g/mol. The van der Waals surface area contributed by atoms with Crippen LogP contribution in [0.25, 0.3) is 28.4 Å². The summed E-state index contributed by atoms with van der Waals surface area (Å²) in [5.41, 5.74) is 8.43. The molecule has 8 bridgehead atoms. The van der Waals surface area contributed by atoms with Crippen molar-refractivity contribution in [3.63, 3.8) is 0 Å². The molecular weight excluding hydrogens is 725 g/mol. The molecule has 4 unspecified atom stereocenters. The molecule has 6 rings (SSSR count). The van der Waals surface area contributed by atoms with Gasteiger partial charge in [-0.15, -0.1) is 33.9 Å². The zero-order valence-electron chi connectivity index (χ0n) is 35.8. The number of ketones is 1. The largest absolute Gasteiger partial charge is 2.00 e. The number of esters is 1. The minimum atomic E-state index is -1.17. The van der Waals surface area contributed by atoms with Crippen molar-refractivity contribution in [3.8, 4) is 0 Å². The van der Waals surface area contributed by atoms with E-state index in [4.69, 9.17) is 30.1 Å². The molecule has 0 saturated carbocycles. The van der Waals surface area contributed by atoms with E-state index in [-0.39, 0.29) is 52.6 Å². The third kappa shape index (κ3) is 8.99. The number of fused-ring (bicyclic) bond motifs is 7. The molecule has 10 heteroatoms. The van der Waals surface area contributed by atoms with E-state index >= 15 is 0 Å². The molecule has 1 fully saturated rings. The van der Waals surface area contributed by atoms with Crippen molar-refractivity contribution in [2.45, 2.75) is 126 Å². The van der Waals surface area contributed by atoms with Gasteiger partial charge in [0.2, 0.25) is 0 Å². The third-order valence-electron chi connectivity index (χ3n) is 12.9. The molecule has 1 N–H and O–H groups in total. The van der Waals surface area contributed by atoms with E-state index in [2.05, 4.69) is 67.2 Å². The molecule has 8 atom stereocenters. The van der Waals surface area contributed by atoms with Crippen LogP contribution < -0.4 is 20.7 Å². The van der Waals surface area contributed by atoms with Crippen LogP contribution in [-0.4, -0.2) is 66.0 Å². The van der Waals surface area contributed by atoms with Crippen molar-refractivity contribution in [3.05, 3.63) is 96.4 Å². The topological polar surface area (TPSA) is 129 Å². The average Bonchev–Trinajstić information content (AvgIpc) is 3.91. The molecule has 4 aliphatic rings. The molecule has 1 aliphatic carbocycles. The summed E-state index contributed by atoms with van der Waals surface area (Å²) in [6, 6.07) is -0.294. The number of allylic oxidation sites excluding steroid dienone is 4. The summed E-state index contributed by atoms with van der Waals surface area (Å²) in [5, 5.41) is 23.3. The fraction of sp³-hybridized carbons (Fsp3) is 0.574. The van der Waals surface area contributed by atoms with Gasteiger partial charge in [-0.1, -0.05) is 132 Å². The minimum absolute atomic E-state index is 0.